The molecule has 1 atom stereocenters. The van der Waals surface area contributed by atoms with E-state index in [0.29, 0.717) is 46.7 Å². The van der Waals surface area contributed by atoms with Crippen LogP contribution in [0.1, 0.15) is 71.8 Å². The minimum absolute atomic E-state index is 0.000560. The van der Waals surface area contributed by atoms with Gasteiger partial charge < -0.3 is 14.6 Å². The van der Waals surface area contributed by atoms with E-state index in [-0.39, 0.29) is 17.3 Å². The normalized spacial score (nSPS) is 16.6. The van der Waals surface area contributed by atoms with Gasteiger partial charge in [0.2, 0.25) is 0 Å². The van der Waals surface area contributed by atoms with Crippen molar-refractivity contribution in [1.82, 2.24) is 0 Å². The number of hydrogen-bond donors (Lipinski definition) is 1. The fourth-order valence-corrected chi connectivity index (χ4v) is 4.81. The Bertz CT molecular complexity index is 1420. The van der Waals surface area contributed by atoms with Crippen molar-refractivity contribution < 1.29 is 29.0 Å². The number of carbonyl (C=O) groups excluding carboxylic acids is 3. The molecule has 7 heteroatoms. The van der Waals surface area contributed by atoms with Crippen LogP contribution < -0.4 is 9.64 Å². The standard InChI is InChI=1S/C32H33NO6/c1-6-16-39-32(37)22-12-14-23(15-13-22)33-28(21-10-8-7-9-11-21)27(30(35)31(33)36)29(34)25-18-24(19(2)3)26(38-5)17-20(25)4/h7-15,17-19,28,34H,6,16H2,1-5H3/b29-27+. The largest absolute Gasteiger partial charge is 0.507 e. The number of carbonyl (C=O) groups is 3. The first-order chi connectivity index (χ1) is 18.7. The van der Waals surface area contributed by atoms with Gasteiger partial charge in [-0.2, -0.15) is 0 Å². The minimum Gasteiger partial charge on any atom is -0.507 e. The van der Waals surface area contributed by atoms with E-state index in [1.165, 1.54) is 4.90 Å². The summed E-state index contributed by atoms with van der Waals surface area (Å²) in [6.07, 6.45) is 0.706. The summed E-state index contributed by atoms with van der Waals surface area (Å²) in [4.78, 5) is 40.7. The number of Topliss-reactive ketones (excluding diaryl/α,β-unsaturated/α-hetero) is 1. The molecule has 1 saturated heterocycles. The fourth-order valence-electron chi connectivity index (χ4n) is 4.81. The Morgan fingerprint density at radius 2 is 1.69 bits per heavy atom. The highest BCUT2D eigenvalue weighted by atomic mass is 16.5. The number of esters is 1. The van der Waals surface area contributed by atoms with Crippen molar-refractivity contribution in [3.05, 3.63) is 100 Å². The maximum Gasteiger partial charge on any atom is 0.338 e. The summed E-state index contributed by atoms with van der Waals surface area (Å²) >= 11 is 0. The van der Waals surface area contributed by atoms with Crippen LogP contribution in [0.4, 0.5) is 5.69 Å². The number of benzene rings is 3. The van der Waals surface area contributed by atoms with Crippen molar-refractivity contribution >= 4 is 29.1 Å². The quantitative estimate of drug-likeness (QED) is 0.159. The summed E-state index contributed by atoms with van der Waals surface area (Å²) in [6, 6.07) is 18.2. The molecule has 1 aliphatic rings. The predicted octanol–water partition coefficient (Wildman–Crippen LogP) is 6.32. The lowest BCUT2D eigenvalue weighted by Crippen LogP contribution is -2.29. The van der Waals surface area contributed by atoms with Crippen molar-refractivity contribution in [2.75, 3.05) is 18.6 Å². The molecule has 1 aliphatic heterocycles. The second-order valence-corrected chi connectivity index (χ2v) is 9.83. The van der Waals surface area contributed by atoms with Gasteiger partial charge in [0.1, 0.15) is 11.5 Å². The zero-order valence-electron chi connectivity index (χ0n) is 22.9. The Hall–Kier alpha value is -4.39. The van der Waals surface area contributed by atoms with Crippen LogP contribution in [-0.2, 0) is 14.3 Å². The van der Waals surface area contributed by atoms with Gasteiger partial charge >= 0.3 is 5.97 Å². The predicted molar refractivity (Wildman–Crippen MR) is 150 cm³/mol. The molecule has 202 valence electrons. The number of hydrogen-bond acceptors (Lipinski definition) is 6. The number of aliphatic hydroxyl groups is 1. The zero-order valence-corrected chi connectivity index (χ0v) is 22.9. The zero-order chi connectivity index (χ0) is 28.3. The molecule has 0 radical (unpaired) electrons. The van der Waals surface area contributed by atoms with E-state index in [9.17, 15) is 19.5 Å². The topological polar surface area (TPSA) is 93.1 Å². The molecular formula is C32H33NO6. The Kier molecular flexibility index (Phi) is 8.19. The smallest absolute Gasteiger partial charge is 0.338 e. The highest BCUT2D eigenvalue weighted by molar-refractivity contribution is 6.51. The van der Waals surface area contributed by atoms with Crippen LogP contribution in [0.2, 0.25) is 0 Å². The Morgan fingerprint density at radius 3 is 2.28 bits per heavy atom. The molecule has 0 aromatic heterocycles. The molecule has 1 fully saturated rings. The van der Waals surface area contributed by atoms with Crippen molar-refractivity contribution in [3.8, 4) is 5.75 Å². The number of methoxy groups -OCH3 is 1. The number of ketones is 1. The van der Waals surface area contributed by atoms with Gasteiger partial charge in [-0.1, -0.05) is 51.1 Å². The molecule has 3 aromatic rings. The number of amides is 1. The van der Waals surface area contributed by atoms with Gasteiger partial charge in [0.15, 0.2) is 0 Å². The SMILES string of the molecule is CCCOC(=O)c1ccc(N2C(=O)C(=O)/C(=C(/O)c3cc(C(C)C)c(OC)cc3C)C2c2ccccc2)cc1. The first kappa shape index (κ1) is 27.6. The van der Waals surface area contributed by atoms with Crippen LogP contribution in [0.5, 0.6) is 5.75 Å². The highest BCUT2D eigenvalue weighted by Gasteiger charge is 2.47. The third kappa shape index (κ3) is 5.30. The lowest BCUT2D eigenvalue weighted by atomic mass is 9.91. The molecule has 7 nitrogen and oxygen atoms in total. The fraction of sp³-hybridized carbons (Fsp3) is 0.281. The van der Waals surface area contributed by atoms with Crippen LogP contribution in [-0.4, -0.2) is 36.5 Å². The lowest BCUT2D eigenvalue weighted by molar-refractivity contribution is -0.132. The summed E-state index contributed by atoms with van der Waals surface area (Å²) < 4.78 is 10.7. The van der Waals surface area contributed by atoms with Gasteiger partial charge in [0.25, 0.3) is 11.7 Å². The van der Waals surface area contributed by atoms with Gasteiger partial charge in [-0.25, -0.2) is 4.79 Å². The summed E-state index contributed by atoms with van der Waals surface area (Å²) in [6.45, 7) is 8.08. The lowest BCUT2D eigenvalue weighted by Gasteiger charge is -2.26. The molecule has 1 heterocycles. The Balaban J connectivity index is 1.87. The van der Waals surface area contributed by atoms with Crippen molar-refractivity contribution in [1.29, 1.82) is 0 Å². The molecule has 1 unspecified atom stereocenters. The molecule has 3 aromatic carbocycles. The third-order valence-electron chi connectivity index (χ3n) is 6.83. The number of aryl methyl sites for hydroxylation is 1. The van der Waals surface area contributed by atoms with Crippen molar-refractivity contribution in [2.45, 2.75) is 46.1 Å². The van der Waals surface area contributed by atoms with E-state index < -0.39 is 23.7 Å². The molecule has 0 spiro atoms. The number of anilines is 1. The monoisotopic (exact) mass is 527 g/mol. The van der Waals surface area contributed by atoms with E-state index in [1.807, 2.05) is 70.2 Å². The number of ether oxygens (including phenoxy) is 2. The van der Waals surface area contributed by atoms with Crippen LogP contribution in [0.3, 0.4) is 0 Å². The summed E-state index contributed by atoms with van der Waals surface area (Å²) in [7, 11) is 1.59. The highest BCUT2D eigenvalue weighted by Crippen LogP contribution is 2.43. The number of rotatable bonds is 8. The van der Waals surface area contributed by atoms with E-state index in [4.69, 9.17) is 9.47 Å². The first-order valence-electron chi connectivity index (χ1n) is 13.0. The maximum atomic E-state index is 13.5. The first-order valence-corrected chi connectivity index (χ1v) is 13.0. The minimum atomic E-state index is -0.868. The van der Waals surface area contributed by atoms with Gasteiger partial charge in [0.05, 0.1) is 30.9 Å². The number of aliphatic hydroxyl groups excluding tert-OH is 1. The van der Waals surface area contributed by atoms with E-state index in [2.05, 4.69) is 0 Å². The molecule has 0 aliphatic carbocycles. The summed E-state index contributed by atoms with van der Waals surface area (Å²) in [5.74, 6) is -1.46. The molecule has 0 bridgehead atoms. The molecule has 1 N–H and O–H groups in total. The van der Waals surface area contributed by atoms with Gasteiger partial charge in [0, 0.05) is 11.3 Å². The second kappa shape index (κ2) is 11.6. The van der Waals surface area contributed by atoms with Gasteiger partial charge in [-0.05, 0) is 72.4 Å². The van der Waals surface area contributed by atoms with E-state index in [1.54, 1.807) is 31.4 Å². The molecule has 0 saturated carbocycles. The van der Waals surface area contributed by atoms with Crippen LogP contribution in [0.15, 0.2) is 72.3 Å². The molecular weight excluding hydrogens is 494 g/mol. The van der Waals surface area contributed by atoms with Crippen molar-refractivity contribution in [2.24, 2.45) is 0 Å². The Morgan fingerprint density at radius 1 is 1.03 bits per heavy atom. The summed E-state index contributed by atoms with van der Waals surface area (Å²) in [5, 5.41) is 11.6. The third-order valence-corrected chi connectivity index (χ3v) is 6.83. The number of nitrogens with zero attached hydrogens (tertiary/aromatic N) is 1. The van der Waals surface area contributed by atoms with Crippen LogP contribution in [0.25, 0.3) is 5.76 Å². The van der Waals surface area contributed by atoms with Gasteiger partial charge in [-0.3, -0.25) is 14.5 Å². The molecule has 39 heavy (non-hydrogen) atoms. The van der Waals surface area contributed by atoms with E-state index >= 15 is 0 Å². The molecule has 4 rings (SSSR count). The van der Waals surface area contributed by atoms with Crippen LogP contribution >= 0.6 is 0 Å². The van der Waals surface area contributed by atoms with Gasteiger partial charge in [-0.15, -0.1) is 0 Å². The average Bonchev–Trinajstić information content (AvgIpc) is 3.21. The second-order valence-electron chi connectivity index (χ2n) is 9.83. The Labute approximate surface area is 228 Å². The van der Waals surface area contributed by atoms with Crippen LogP contribution in [0, 0.1) is 6.92 Å². The maximum absolute atomic E-state index is 13.5. The average molecular weight is 528 g/mol. The van der Waals surface area contributed by atoms with E-state index in [0.717, 1.165) is 5.56 Å². The van der Waals surface area contributed by atoms with Crippen molar-refractivity contribution in [3.63, 3.8) is 0 Å². The molecule has 1 amide bonds. The summed E-state index contributed by atoms with van der Waals surface area (Å²) in [5.41, 5.74) is 3.48.